The van der Waals surface area contributed by atoms with E-state index in [0.717, 1.165) is 25.7 Å². The Morgan fingerprint density at radius 1 is 1.44 bits per heavy atom. The molecule has 0 aromatic carbocycles. The molecule has 1 aromatic heterocycles. The first-order valence-electron chi connectivity index (χ1n) is 5.08. The molecule has 0 spiro atoms. The third-order valence-corrected chi connectivity index (χ3v) is 3.85. The predicted octanol–water partition coefficient (Wildman–Crippen LogP) is -2.59. The molecule has 1 saturated carbocycles. The molecule has 0 atom stereocenters. The maximum Gasteiger partial charge on any atom is 0.375 e. The molecule has 0 unspecified atom stereocenters. The summed E-state index contributed by atoms with van der Waals surface area (Å²) in [6.45, 7) is 0. The van der Waals surface area contributed by atoms with Crippen LogP contribution < -0.4 is 22.7 Å². The molecule has 16 heavy (non-hydrogen) atoms. The first-order valence-corrected chi connectivity index (χ1v) is 6.97. The third kappa shape index (κ3) is 2.49. The van der Waals surface area contributed by atoms with Crippen molar-refractivity contribution in [2.75, 3.05) is 12.0 Å². The van der Waals surface area contributed by atoms with Gasteiger partial charge in [0.1, 0.15) is 6.04 Å². The summed E-state index contributed by atoms with van der Waals surface area (Å²) in [5, 5.41) is 0.229. The molecule has 0 amide bonds. The van der Waals surface area contributed by atoms with Crippen molar-refractivity contribution in [2.24, 2.45) is 0 Å². The summed E-state index contributed by atoms with van der Waals surface area (Å²) in [7, 11) is -3.22. The van der Waals surface area contributed by atoms with Crippen molar-refractivity contribution in [1.82, 2.24) is 4.98 Å². The first-order chi connectivity index (χ1) is 6.98. The van der Waals surface area contributed by atoms with Crippen LogP contribution in [0.25, 0.3) is 0 Å². The summed E-state index contributed by atoms with van der Waals surface area (Å²) in [6, 6.07) is 0.281. The first kappa shape index (κ1) is 13.3. The number of sulfone groups is 1. The number of hydrogen-bond donors (Lipinski definition) is 2. The summed E-state index contributed by atoms with van der Waals surface area (Å²) in [4.78, 5) is 2.71. The van der Waals surface area contributed by atoms with Gasteiger partial charge in [-0.1, -0.05) is 0 Å². The minimum atomic E-state index is -3.22. The molecule has 1 heterocycles. The minimum Gasteiger partial charge on any atom is -1.00 e. The molecular weight excluding hydrogens is 250 g/mol. The lowest BCUT2D eigenvalue weighted by molar-refractivity contribution is -0.755. The number of nitrogens with two attached hydrogens (primary N) is 1. The number of rotatable bonds is 2. The molecule has 1 aliphatic rings. The highest BCUT2D eigenvalue weighted by molar-refractivity contribution is 7.90. The molecule has 1 fully saturated rings. The van der Waals surface area contributed by atoms with E-state index in [1.807, 2.05) is 0 Å². The normalized spacial score (nSPS) is 17.3. The zero-order chi connectivity index (χ0) is 11.1. The second-order valence-electron chi connectivity index (χ2n) is 4.13. The maximum atomic E-state index is 11.5. The molecule has 0 bridgehead atoms. The topological polar surface area (TPSA) is 79.8 Å². The van der Waals surface area contributed by atoms with E-state index in [2.05, 4.69) is 4.98 Å². The van der Waals surface area contributed by atoms with Crippen molar-refractivity contribution in [3.63, 3.8) is 0 Å². The fourth-order valence-corrected chi connectivity index (χ4v) is 3.05. The fourth-order valence-electron chi connectivity index (χ4n) is 2.17. The number of imidazole rings is 1. The summed E-state index contributed by atoms with van der Waals surface area (Å²) in [6.07, 6.45) is 7.27. The highest BCUT2D eigenvalue weighted by Gasteiger charge is 2.31. The molecular formula is C9H16ClN3O2S. The van der Waals surface area contributed by atoms with Crippen LogP contribution in [0, 0.1) is 0 Å². The van der Waals surface area contributed by atoms with E-state index in [1.54, 1.807) is 10.8 Å². The SMILES string of the molecule is CS(=O)(=O)c1[nH]c(N)c[n+]1C1CCCC1.[Cl-]. The van der Waals surface area contributed by atoms with Gasteiger partial charge in [-0.2, -0.15) is 0 Å². The highest BCUT2D eigenvalue weighted by atomic mass is 35.5. The van der Waals surface area contributed by atoms with Gasteiger partial charge in [-0.25, -0.2) is 18.0 Å². The lowest BCUT2D eigenvalue weighted by atomic mass is 10.2. The Morgan fingerprint density at radius 3 is 2.50 bits per heavy atom. The van der Waals surface area contributed by atoms with Gasteiger partial charge in [-0.15, -0.1) is 0 Å². The number of hydrogen-bond acceptors (Lipinski definition) is 3. The Hall–Kier alpha value is -0.750. The standard InChI is InChI=1S/C9H15N3O2S.ClH/c1-15(13,14)9-11-8(10)6-12(9)7-4-2-3-5-7;/h6-7H,2-5,10H2,1H3;1H. The van der Waals surface area contributed by atoms with Gasteiger partial charge in [0, 0.05) is 0 Å². The van der Waals surface area contributed by atoms with E-state index >= 15 is 0 Å². The van der Waals surface area contributed by atoms with E-state index in [0.29, 0.717) is 5.82 Å². The lowest BCUT2D eigenvalue weighted by Crippen LogP contribution is -3.00. The molecule has 1 aliphatic carbocycles. The van der Waals surface area contributed by atoms with Crippen LogP contribution in [0.15, 0.2) is 11.4 Å². The number of nitrogen functional groups attached to an aromatic ring is 1. The van der Waals surface area contributed by atoms with Gasteiger partial charge in [0.25, 0.3) is 9.84 Å². The molecule has 92 valence electrons. The Bertz CT molecular complexity index is 463. The average Bonchev–Trinajstić information content (AvgIpc) is 2.68. The van der Waals surface area contributed by atoms with Crippen LogP contribution in [-0.4, -0.2) is 19.7 Å². The number of nitrogens with zero attached hydrogens (tertiary/aromatic N) is 1. The number of halogens is 1. The lowest BCUT2D eigenvalue weighted by Gasteiger charge is -2.05. The summed E-state index contributed by atoms with van der Waals surface area (Å²) >= 11 is 0. The number of H-pyrrole nitrogens is 1. The Kier molecular flexibility index (Phi) is 3.85. The minimum absolute atomic E-state index is 0. The van der Waals surface area contributed by atoms with Gasteiger partial charge in [0.05, 0.1) is 6.26 Å². The predicted molar refractivity (Wildman–Crippen MR) is 56.0 cm³/mol. The summed E-state index contributed by atoms with van der Waals surface area (Å²) in [5.41, 5.74) is 5.60. The van der Waals surface area contributed by atoms with Crippen molar-refractivity contribution in [3.8, 4) is 0 Å². The molecule has 1 aromatic rings. The van der Waals surface area contributed by atoms with E-state index in [1.165, 1.54) is 6.26 Å². The average molecular weight is 266 g/mol. The largest absolute Gasteiger partial charge is 1.00 e. The maximum absolute atomic E-state index is 11.5. The summed E-state index contributed by atoms with van der Waals surface area (Å²) in [5.74, 6) is 0.405. The Morgan fingerprint density at radius 2 is 2.00 bits per heavy atom. The second-order valence-corrected chi connectivity index (χ2v) is 6.06. The third-order valence-electron chi connectivity index (χ3n) is 2.83. The van der Waals surface area contributed by atoms with E-state index in [-0.39, 0.29) is 23.6 Å². The quantitative estimate of drug-likeness (QED) is 0.576. The zero-order valence-electron chi connectivity index (χ0n) is 9.11. The zero-order valence-corrected chi connectivity index (χ0v) is 10.7. The van der Waals surface area contributed by atoms with E-state index < -0.39 is 9.84 Å². The highest BCUT2D eigenvalue weighted by Crippen LogP contribution is 2.26. The number of anilines is 1. The molecule has 2 rings (SSSR count). The van der Waals surface area contributed by atoms with Crippen LogP contribution in [0.5, 0.6) is 0 Å². The van der Waals surface area contributed by atoms with Crippen molar-refractivity contribution in [1.29, 1.82) is 0 Å². The van der Waals surface area contributed by atoms with Crippen molar-refractivity contribution < 1.29 is 25.4 Å². The van der Waals surface area contributed by atoms with Gasteiger partial charge in [-0.05, 0) is 25.7 Å². The van der Waals surface area contributed by atoms with Gasteiger partial charge >= 0.3 is 5.16 Å². The Labute approximate surface area is 101 Å². The molecule has 7 heteroatoms. The van der Waals surface area contributed by atoms with Crippen molar-refractivity contribution in [3.05, 3.63) is 6.20 Å². The van der Waals surface area contributed by atoms with Crippen molar-refractivity contribution in [2.45, 2.75) is 36.9 Å². The van der Waals surface area contributed by atoms with Gasteiger partial charge < -0.3 is 18.1 Å². The second kappa shape index (κ2) is 4.63. The Balaban J connectivity index is 0.00000128. The van der Waals surface area contributed by atoms with Crippen molar-refractivity contribution >= 4 is 15.7 Å². The smallest absolute Gasteiger partial charge is 0.375 e. The molecule has 0 saturated heterocycles. The van der Waals surface area contributed by atoms with Gasteiger partial charge in [-0.3, -0.25) is 0 Å². The number of aromatic amines is 1. The van der Waals surface area contributed by atoms with Gasteiger partial charge in [0.2, 0.25) is 5.82 Å². The molecule has 3 N–H and O–H groups in total. The van der Waals surface area contributed by atoms with E-state index in [9.17, 15) is 8.42 Å². The van der Waals surface area contributed by atoms with Crippen LogP contribution in [0.2, 0.25) is 0 Å². The fraction of sp³-hybridized carbons (Fsp3) is 0.667. The monoisotopic (exact) mass is 265 g/mol. The van der Waals surface area contributed by atoms with Crippen LogP contribution >= 0.6 is 0 Å². The van der Waals surface area contributed by atoms with Gasteiger partial charge in [0.15, 0.2) is 6.20 Å². The number of aromatic nitrogens is 2. The van der Waals surface area contributed by atoms with Crippen LogP contribution in [0.4, 0.5) is 5.82 Å². The van der Waals surface area contributed by atoms with Crippen LogP contribution in [0.1, 0.15) is 31.7 Å². The number of nitrogens with one attached hydrogen (secondary N) is 1. The molecule has 5 nitrogen and oxygen atoms in total. The van der Waals surface area contributed by atoms with E-state index in [4.69, 9.17) is 5.73 Å². The van der Waals surface area contributed by atoms with Crippen LogP contribution in [-0.2, 0) is 9.84 Å². The summed E-state index contributed by atoms with van der Waals surface area (Å²) < 4.78 is 24.8. The van der Waals surface area contributed by atoms with Crippen LogP contribution in [0.3, 0.4) is 0 Å². The molecule has 0 aliphatic heterocycles. The molecule has 0 radical (unpaired) electrons.